The average Bonchev–Trinajstić information content (AvgIpc) is 3.10. The van der Waals surface area contributed by atoms with Crippen LogP contribution in [0.3, 0.4) is 0 Å². The van der Waals surface area contributed by atoms with E-state index in [1.54, 1.807) is 29.2 Å². The van der Waals surface area contributed by atoms with Crippen molar-refractivity contribution in [2.24, 2.45) is 0 Å². The number of ketones is 1. The highest BCUT2D eigenvalue weighted by Crippen LogP contribution is 2.46. The molecule has 1 saturated heterocycles. The number of carboxylic acid groups (broad SMARTS) is 1. The fraction of sp³-hybridized carbons (Fsp3) is 0.389. The number of benzene rings is 3. The summed E-state index contributed by atoms with van der Waals surface area (Å²) in [4.78, 5) is 51.4. The molecule has 1 aliphatic carbocycles. The molecular weight excluding hydrogens is 656 g/mol. The Morgan fingerprint density at radius 3 is 2.18 bits per heavy atom. The quantitative estimate of drug-likeness (QED) is 0.157. The molecule has 13 heteroatoms. The first-order valence-electron chi connectivity index (χ1n) is 16.2. The summed E-state index contributed by atoms with van der Waals surface area (Å²) in [5.74, 6) is -2.58. The lowest BCUT2D eigenvalue weighted by Crippen LogP contribution is -2.57. The number of amides is 2. The molecule has 0 bridgehead atoms. The Morgan fingerprint density at radius 1 is 0.918 bits per heavy atom. The number of aliphatic hydroxyl groups is 1. The van der Waals surface area contributed by atoms with Crippen LogP contribution in [0.15, 0.2) is 72.8 Å². The van der Waals surface area contributed by atoms with Crippen LogP contribution in [0, 0.1) is 11.6 Å². The van der Waals surface area contributed by atoms with Crippen LogP contribution in [0.25, 0.3) is 0 Å². The van der Waals surface area contributed by atoms with Gasteiger partial charge in [-0.05, 0) is 72.5 Å². The molecule has 1 saturated carbocycles. The van der Waals surface area contributed by atoms with Crippen LogP contribution in [-0.2, 0) is 19.2 Å². The van der Waals surface area contributed by atoms with Crippen LogP contribution >= 0.6 is 11.8 Å². The summed E-state index contributed by atoms with van der Waals surface area (Å²) < 4.78 is 32.6. The smallest absolute Gasteiger partial charge is 0.321 e. The van der Waals surface area contributed by atoms with Crippen LogP contribution in [-0.4, -0.2) is 70.0 Å². The molecule has 3 aromatic rings. The van der Waals surface area contributed by atoms with Gasteiger partial charge in [-0.25, -0.2) is 8.78 Å². The first kappa shape index (κ1) is 36.0. The number of carboxylic acids is 1. The summed E-state index contributed by atoms with van der Waals surface area (Å²) in [5, 5.41) is 25.2. The monoisotopic (exact) mass is 695 g/mol. The minimum atomic E-state index is -1.10. The largest absolute Gasteiger partial charge is 0.484 e. The average molecular weight is 696 g/mol. The maximum Gasteiger partial charge on any atom is 0.321 e. The first-order chi connectivity index (χ1) is 23.6. The summed E-state index contributed by atoms with van der Waals surface area (Å²) in [5.41, 5.74) is 1.78. The van der Waals surface area contributed by atoms with E-state index in [4.69, 9.17) is 4.74 Å². The number of thioether (sulfide) groups is 1. The van der Waals surface area contributed by atoms with Crippen LogP contribution in [0.4, 0.5) is 14.5 Å². The molecule has 4 N–H and O–H groups in total. The van der Waals surface area contributed by atoms with Gasteiger partial charge in [0.05, 0.1) is 18.7 Å². The Labute approximate surface area is 287 Å². The molecule has 2 fully saturated rings. The molecule has 260 valence electrons. The highest BCUT2D eigenvalue weighted by Gasteiger charge is 2.49. The lowest BCUT2D eigenvalue weighted by molar-refractivity contribution is -0.141. The summed E-state index contributed by atoms with van der Waals surface area (Å²) in [7, 11) is 0. The Balaban J connectivity index is 1.15. The number of aliphatic carboxylic acids is 1. The first-order valence-corrected chi connectivity index (χ1v) is 17.3. The number of anilines is 1. The van der Waals surface area contributed by atoms with Crippen molar-refractivity contribution in [3.63, 3.8) is 0 Å². The molecule has 5 rings (SSSR count). The van der Waals surface area contributed by atoms with Gasteiger partial charge in [0.2, 0.25) is 5.91 Å². The number of ether oxygens (including phenoxy) is 1. The van der Waals surface area contributed by atoms with Crippen LogP contribution < -0.4 is 20.3 Å². The summed E-state index contributed by atoms with van der Waals surface area (Å²) in [6.45, 7) is -0.695. The van der Waals surface area contributed by atoms with Gasteiger partial charge < -0.3 is 30.5 Å². The molecule has 4 atom stereocenters. The molecular formula is C36H39F2N3O7S. The fourth-order valence-electron chi connectivity index (χ4n) is 6.04. The van der Waals surface area contributed by atoms with Gasteiger partial charge in [-0.15, -0.1) is 11.8 Å². The van der Waals surface area contributed by atoms with Crippen LogP contribution in [0.2, 0.25) is 0 Å². The van der Waals surface area contributed by atoms with E-state index in [-0.39, 0.29) is 37.3 Å². The van der Waals surface area contributed by atoms with Crippen molar-refractivity contribution in [3.05, 3.63) is 95.6 Å². The Kier molecular flexibility index (Phi) is 12.4. The third-order valence-corrected chi connectivity index (χ3v) is 10.0. The zero-order chi connectivity index (χ0) is 34.9. The second kappa shape index (κ2) is 16.9. The third-order valence-electron chi connectivity index (χ3n) is 8.69. The van der Waals surface area contributed by atoms with Crippen molar-refractivity contribution in [1.82, 2.24) is 10.6 Å². The number of rotatable bonds is 16. The highest BCUT2D eigenvalue weighted by molar-refractivity contribution is 8.00. The summed E-state index contributed by atoms with van der Waals surface area (Å²) in [6, 6.07) is 16.5. The van der Waals surface area contributed by atoms with E-state index >= 15 is 0 Å². The molecule has 1 unspecified atom stereocenters. The lowest BCUT2D eigenvalue weighted by atomic mass is 9.92. The predicted octanol–water partition coefficient (Wildman–Crippen LogP) is 4.72. The third kappa shape index (κ3) is 9.64. The molecule has 0 spiro atoms. The number of nitrogens with zero attached hydrogens (tertiary/aromatic N) is 1. The van der Waals surface area contributed by atoms with E-state index in [0.717, 1.165) is 37.7 Å². The molecule has 1 heterocycles. The molecule has 49 heavy (non-hydrogen) atoms. The maximum absolute atomic E-state index is 13.6. The molecule has 1 aliphatic heterocycles. The zero-order valence-corrected chi connectivity index (χ0v) is 27.5. The van der Waals surface area contributed by atoms with E-state index in [1.807, 2.05) is 0 Å². The van der Waals surface area contributed by atoms with Gasteiger partial charge in [0.1, 0.15) is 28.7 Å². The van der Waals surface area contributed by atoms with Crippen molar-refractivity contribution in [1.29, 1.82) is 0 Å². The number of hydrogen-bond donors (Lipinski definition) is 4. The number of nitrogens with one attached hydrogen (secondary N) is 2. The number of β-lactam (4-membered cyclic amide) rings is 1. The topological polar surface area (TPSA) is 145 Å². The second-order valence-corrected chi connectivity index (χ2v) is 13.4. The van der Waals surface area contributed by atoms with E-state index in [1.165, 1.54) is 60.3 Å². The molecule has 0 radical (unpaired) electrons. The fourth-order valence-corrected chi connectivity index (χ4v) is 7.34. The van der Waals surface area contributed by atoms with Gasteiger partial charge in [0.25, 0.3) is 5.91 Å². The highest BCUT2D eigenvalue weighted by atomic mass is 32.2. The Hall–Kier alpha value is -4.33. The van der Waals surface area contributed by atoms with E-state index in [2.05, 4.69) is 10.6 Å². The molecule has 0 aromatic heterocycles. The minimum absolute atomic E-state index is 0.0677. The molecule has 2 amide bonds. The van der Waals surface area contributed by atoms with Crippen molar-refractivity contribution >= 4 is 41.0 Å². The molecule has 2 aliphatic rings. The number of carbonyl (C=O) groups excluding carboxylic acids is 3. The predicted molar refractivity (Wildman–Crippen MR) is 180 cm³/mol. The van der Waals surface area contributed by atoms with Crippen molar-refractivity contribution in [2.45, 2.75) is 68.0 Å². The van der Waals surface area contributed by atoms with Gasteiger partial charge in [-0.2, -0.15) is 0 Å². The number of carbonyl (C=O) groups is 4. The van der Waals surface area contributed by atoms with Gasteiger partial charge in [0.15, 0.2) is 12.4 Å². The van der Waals surface area contributed by atoms with Gasteiger partial charge in [-0.3, -0.25) is 19.2 Å². The lowest BCUT2D eigenvalue weighted by Gasteiger charge is -2.47. The Morgan fingerprint density at radius 2 is 1.55 bits per heavy atom. The molecule has 10 nitrogen and oxygen atoms in total. The minimum Gasteiger partial charge on any atom is -0.484 e. The Bertz CT molecular complexity index is 1600. The van der Waals surface area contributed by atoms with E-state index in [0.29, 0.717) is 17.0 Å². The number of Topliss-reactive ketones (excluding diaryl/α,β-unsaturated/α-hetero) is 1. The van der Waals surface area contributed by atoms with Gasteiger partial charge in [-0.1, -0.05) is 43.5 Å². The summed E-state index contributed by atoms with van der Waals surface area (Å²) in [6.07, 6.45) is 3.76. The standard InChI is InChI=1S/C36H39F2N3O7S/c37-24-10-6-22(7-11-24)31(43)21-49-34-33(41(35(34)45)27-14-12-25(38)13-15-27)23-8-16-29(17-9-23)48-20-32(44)39-19-28(42)18-30(36(46)47)40-26-4-2-1-3-5-26/h6-17,26,30-31,33-34,40,43H,1-5,18-21H2,(H,39,44)(H,46,47)/t30-,31?,33-,34-/m1/s1. The maximum atomic E-state index is 13.6. The van der Waals surface area contributed by atoms with Crippen molar-refractivity contribution in [3.8, 4) is 5.75 Å². The molecule has 3 aromatic carbocycles. The number of hydrogen-bond acceptors (Lipinski definition) is 8. The van der Waals surface area contributed by atoms with Crippen LogP contribution in [0.1, 0.15) is 61.8 Å². The van der Waals surface area contributed by atoms with E-state index < -0.39 is 52.7 Å². The second-order valence-electron chi connectivity index (χ2n) is 12.2. The normalized spacial score (nSPS) is 19.1. The number of halogens is 2. The van der Waals surface area contributed by atoms with Crippen LogP contribution in [0.5, 0.6) is 5.75 Å². The number of aliphatic hydroxyl groups excluding tert-OH is 1. The van der Waals surface area contributed by atoms with E-state index in [9.17, 15) is 38.2 Å². The zero-order valence-electron chi connectivity index (χ0n) is 26.7. The van der Waals surface area contributed by atoms with Gasteiger partial charge >= 0.3 is 5.97 Å². The van der Waals surface area contributed by atoms with Gasteiger partial charge in [0, 0.05) is 23.9 Å². The van der Waals surface area contributed by atoms with Crippen molar-refractivity contribution < 1.29 is 42.9 Å². The SMILES string of the molecule is O=C(CNC(=O)COc1ccc([C@@H]2[C@@H](SCC(O)c3ccc(F)cc3)C(=O)N2c2ccc(F)cc2)cc1)C[C@@H](NC1CCCCC1)C(=O)O. The van der Waals surface area contributed by atoms with Crippen molar-refractivity contribution in [2.75, 3.05) is 23.8 Å². The summed E-state index contributed by atoms with van der Waals surface area (Å²) >= 11 is 1.27.